The van der Waals surface area contributed by atoms with Crippen molar-refractivity contribution in [2.45, 2.75) is 91.6 Å². The van der Waals surface area contributed by atoms with Gasteiger partial charge in [0.05, 0.1) is 0 Å². The topological polar surface area (TPSA) is 0 Å². The summed E-state index contributed by atoms with van der Waals surface area (Å²) in [4.78, 5) is 0. The number of rotatable bonds is 5. The van der Waals surface area contributed by atoms with Crippen LogP contribution in [-0.2, 0) is 0 Å². The Morgan fingerprint density at radius 3 is 1.71 bits per heavy atom. The molecule has 0 heterocycles. The molecule has 0 radical (unpaired) electrons. The summed E-state index contributed by atoms with van der Waals surface area (Å²) in [6.07, 6.45) is 10.6. The Labute approximate surface area is 176 Å². The molecule has 0 nitrogen and oxygen atoms in total. The summed E-state index contributed by atoms with van der Waals surface area (Å²) in [6.45, 7) is 23.6. The number of hydrogen-bond donors (Lipinski definition) is 0. The summed E-state index contributed by atoms with van der Waals surface area (Å²) >= 11 is 0. The van der Waals surface area contributed by atoms with Gasteiger partial charge in [0.2, 0.25) is 0 Å². The van der Waals surface area contributed by atoms with E-state index in [1.807, 2.05) is 0 Å². The van der Waals surface area contributed by atoms with Crippen molar-refractivity contribution in [2.24, 2.45) is 0 Å². The van der Waals surface area contributed by atoms with Gasteiger partial charge in [-0.15, -0.1) is 0 Å². The summed E-state index contributed by atoms with van der Waals surface area (Å²) in [7, 11) is -0.262. The van der Waals surface area contributed by atoms with E-state index in [2.05, 4.69) is 105 Å². The van der Waals surface area contributed by atoms with Gasteiger partial charge >= 0.3 is 0 Å². The first-order valence-electron chi connectivity index (χ1n) is 10.9. The van der Waals surface area contributed by atoms with Gasteiger partial charge in [0.1, 0.15) is 0 Å². The molecule has 2 rings (SSSR count). The lowest BCUT2D eigenvalue weighted by atomic mass is 9.81. The van der Waals surface area contributed by atoms with E-state index in [1.54, 1.807) is 5.31 Å². The highest BCUT2D eigenvalue weighted by atomic mass is 31.1. The highest BCUT2D eigenvalue weighted by molar-refractivity contribution is 7.63. The van der Waals surface area contributed by atoms with Gasteiger partial charge in [0, 0.05) is 0 Å². The lowest BCUT2D eigenvalue weighted by Gasteiger charge is -2.32. The summed E-state index contributed by atoms with van der Waals surface area (Å²) in [6, 6.07) is 4.97. The summed E-state index contributed by atoms with van der Waals surface area (Å²) in [5.41, 5.74) is 7.48. The van der Waals surface area contributed by atoms with Crippen molar-refractivity contribution in [1.82, 2.24) is 0 Å². The monoisotopic (exact) mass is 396 g/mol. The first-order valence-corrected chi connectivity index (χ1v) is 12.7. The molecule has 1 aromatic rings. The Morgan fingerprint density at radius 1 is 0.786 bits per heavy atom. The fourth-order valence-electron chi connectivity index (χ4n) is 3.75. The van der Waals surface area contributed by atoms with Crippen LogP contribution in [0.2, 0.25) is 0 Å². The van der Waals surface area contributed by atoms with Crippen LogP contribution in [-0.4, -0.2) is 11.8 Å². The van der Waals surface area contributed by atoms with Gasteiger partial charge in [-0.05, 0) is 69.1 Å². The highest BCUT2D eigenvalue weighted by Crippen LogP contribution is 2.57. The molecule has 1 atom stereocenters. The summed E-state index contributed by atoms with van der Waals surface area (Å²) < 4.78 is 0. The maximum absolute atomic E-state index is 2.48. The van der Waals surface area contributed by atoms with E-state index >= 15 is 0 Å². The Balaban J connectivity index is 2.92. The first kappa shape index (κ1) is 23.2. The van der Waals surface area contributed by atoms with Gasteiger partial charge in [-0.3, -0.25) is 0 Å². The summed E-state index contributed by atoms with van der Waals surface area (Å²) in [5.74, 6) is 1.58. The van der Waals surface area contributed by atoms with Crippen LogP contribution in [0.3, 0.4) is 0 Å². The Hall–Kier alpha value is -1.13. The van der Waals surface area contributed by atoms with Crippen LogP contribution >= 0.6 is 7.92 Å². The first-order chi connectivity index (χ1) is 12.9. The smallest absolute Gasteiger partial charge is 0.0104 e. The second-order valence-electron chi connectivity index (χ2n) is 10.1. The van der Waals surface area contributed by atoms with Crippen molar-refractivity contribution in [2.75, 3.05) is 6.66 Å². The van der Waals surface area contributed by atoms with Crippen molar-refractivity contribution in [1.29, 1.82) is 0 Å². The maximum Gasteiger partial charge on any atom is -0.0104 e. The third-order valence-corrected chi connectivity index (χ3v) is 9.00. The van der Waals surface area contributed by atoms with Gasteiger partial charge in [-0.25, -0.2) is 0 Å². The van der Waals surface area contributed by atoms with Crippen molar-refractivity contribution in [3.05, 3.63) is 64.0 Å². The molecule has 0 saturated heterocycles. The van der Waals surface area contributed by atoms with Gasteiger partial charge in [0.15, 0.2) is 0 Å². The van der Waals surface area contributed by atoms with Crippen LogP contribution < -0.4 is 0 Å². The molecule has 1 aliphatic carbocycles. The quantitative estimate of drug-likeness (QED) is 0.435. The Kier molecular flexibility index (Phi) is 7.55. The van der Waals surface area contributed by atoms with Crippen molar-refractivity contribution in [3.8, 4) is 0 Å². The average Bonchev–Trinajstić information content (AvgIpc) is 2.84. The van der Waals surface area contributed by atoms with E-state index < -0.39 is 0 Å². The van der Waals surface area contributed by atoms with Crippen LogP contribution in [0.5, 0.6) is 0 Å². The SMILES string of the molecule is CC(C)c1cc(C(C)C)c(C2=C(P(C)C(C)(C)C)C=CCC=C2)c(C(C)C)c1. The molecule has 0 fully saturated rings. The number of benzene rings is 1. The van der Waals surface area contributed by atoms with Crippen molar-refractivity contribution in [3.63, 3.8) is 0 Å². The van der Waals surface area contributed by atoms with Gasteiger partial charge in [0.25, 0.3) is 0 Å². The largest absolute Gasteiger partial charge is 0.0801 e. The Bertz CT molecular complexity index is 750. The molecular weight excluding hydrogens is 355 g/mol. The van der Waals surface area contributed by atoms with E-state index in [0.29, 0.717) is 22.9 Å². The standard InChI is InChI=1S/C27H41P/c1-18(2)21-16-23(19(3)4)26(24(17-21)20(5)6)22-14-12-11-13-15-25(22)28(10)27(7,8)9/h12-20H,11H2,1-10H3. The zero-order chi connectivity index (χ0) is 21.2. The second-order valence-corrected chi connectivity index (χ2v) is 13.0. The molecule has 0 bridgehead atoms. The minimum absolute atomic E-state index is 0.262. The molecule has 0 aliphatic heterocycles. The van der Waals surface area contributed by atoms with Crippen LogP contribution in [0.15, 0.2) is 41.8 Å². The van der Waals surface area contributed by atoms with Gasteiger partial charge < -0.3 is 0 Å². The molecule has 1 heteroatoms. The van der Waals surface area contributed by atoms with Crippen molar-refractivity contribution < 1.29 is 0 Å². The fraction of sp³-hybridized carbons (Fsp3) is 0.556. The fourth-order valence-corrected chi connectivity index (χ4v) is 5.35. The van der Waals surface area contributed by atoms with E-state index in [4.69, 9.17) is 0 Å². The molecule has 0 amide bonds. The van der Waals surface area contributed by atoms with Crippen molar-refractivity contribution >= 4 is 13.5 Å². The zero-order valence-corrected chi connectivity index (χ0v) is 20.7. The molecule has 1 unspecified atom stereocenters. The normalized spacial score (nSPS) is 16.5. The van der Waals surface area contributed by atoms with Crippen LogP contribution in [0, 0.1) is 0 Å². The molecule has 1 aromatic carbocycles. The lowest BCUT2D eigenvalue weighted by Crippen LogP contribution is -2.13. The van der Waals surface area contributed by atoms with E-state index in [1.165, 1.54) is 27.8 Å². The average molecular weight is 397 g/mol. The molecule has 0 saturated carbocycles. The molecule has 0 spiro atoms. The second kappa shape index (κ2) is 9.13. The van der Waals surface area contributed by atoms with Gasteiger partial charge in [-0.1, -0.05) is 107 Å². The molecule has 0 N–H and O–H groups in total. The van der Waals surface area contributed by atoms with E-state index in [9.17, 15) is 0 Å². The predicted octanol–water partition coefficient (Wildman–Crippen LogP) is 9.19. The van der Waals surface area contributed by atoms with E-state index in [0.717, 1.165) is 6.42 Å². The van der Waals surface area contributed by atoms with E-state index in [-0.39, 0.29) is 7.92 Å². The molecule has 28 heavy (non-hydrogen) atoms. The molecule has 154 valence electrons. The minimum Gasteiger partial charge on any atom is -0.0801 e. The third kappa shape index (κ3) is 5.07. The van der Waals surface area contributed by atoms with Gasteiger partial charge in [-0.2, -0.15) is 0 Å². The van der Waals surface area contributed by atoms with Crippen LogP contribution in [0.25, 0.3) is 5.57 Å². The Morgan fingerprint density at radius 2 is 1.29 bits per heavy atom. The molecular formula is C27H41P. The molecule has 0 aromatic heterocycles. The highest BCUT2D eigenvalue weighted by Gasteiger charge is 2.27. The number of allylic oxidation sites excluding steroid dienone is 6. The maximum atomic E-state index is 2.48. The lowest BCUT2D eigenvalue weighted by molar-refractivity contribution is 0.789. The summed E-state index contributed by atoms with van der Waals surface area (Å²) in [5, 5.41) is 1.85. The third-order valence-electron chi connectivity index (χ3n) is 5.88. The predicted molar refractivity (Wildman–Crippen MR) is 131 cm³/mol. The zero-order valence-electron chi connectivity index (χ0n) is 19.9. The number of hydrogen-bond acceptors (Lipinski definition) is 0. The molecule has 1 aliphatic rings. The van der Waals surface area contributed by atoms with Crippen LogP contribution in [0.4, 0.5) is 0 Å². The minimum atomic E-state index is -0.262. The van der Waals surface area contributed by atoms with Crippen LogP contribution in [0.1, 0.15) is 109 Å².